The van der Waals surface area contributed by atoms with Gasteiger partial charge in [-0.3, -0.25) is 4.68 Å². The number of methoxy groups -OCH3 is 1. The van der Waals surface area contributed by atoms with Crippen molar-refractivity contribution in [3.8, 4) is 22.9 Å². The number of hydrogen-bond acceptors (Lipinski definition) is 8. The summed E-state index contributed by atoms with van der Waals surface area (Å²) >= 11 is 0. The number of nitrogens with one attached hydrogen (secondary N) is 1. The van der Waals surface area contributed by atoms with Crippen LogP contribution < -0.4 is 14.8 Å². The summed E-state index contributed by atoms with van der Waals surface area (Å²) in [4.78, 5) is 22.3. The average Bonchev–Trinajstić information content (AvgIpc) is 3.38. The number of carbonyl (C=O) groups excluding carboxylic acids is 1. The van der Waals surface area contributed by atoms with Gasteiger partial charge >= 0.3 is 5.97 Å². The molecule has 220 valence electrons. The molecule has 3 aromatic carbocycles. The molecule has 1 aliphatic carbocycles. The highest BCUT2D eigenvalue weighted by atomic mass is 16.6. The summed E-state index contributed by atoms with van der Waals surface area (Å²) in [5.41, 5.74) is 10.7. The first kappa shape index (κ1) is 28.5. The minimum Gasteiger partial charge on any atom is -0.493 e. The molecule has 0 radical (unpaired) electrons. The fourth-order valence-electron chi connectivity index (χ4n) is 4.87. The molecule has 9 nitrogen and oxygen atoms in total. The Labute approximate surface area is 254 Å². The molecule has 2 aromatic heterocycles. The van der Waals surface area contributed by atoms with Crippen molar-refractivity contribution in [2.45, 2.75) is 26.4 Å². The van der Waals surface area contributed by atoms with Gasteiger partial charge in [0, 0.05) is 40.7 Å². The van der Waals surface area contributed by atoms with Gasteiger partial charge in [0.05, 0.1) is 24.3 Å². The number of anilines is 2. The van der Waals surface area contributed by atoms with Crippen molar-refractivity contribution in [1.82, 2.24) is 19.7 Å². The quantitative estimate of drug-likeness (QED) is 0.155. The second-order valence-corrected chi connectivity index (χ2v) is 11.2. The average molecular weight is 586 g/mol. The first-order valence-corrected chi connectivity index (χ1v) is 14.1. The summed E-state index contributed by atoms with van der Waals surface area (Å²) < 4.78 is 18.8. The van der Waals surface area contributed by atoms with Gasteiger partial charge in [-0.15, -0.1) is 0 Å². The van der Waals surface area contributed by atoms with Crippen molar-refractivity contribution in [1.29, 1.82) is 0 Å². The van der Waals surface area contributed by atoms with E-state index in [-0.39, 0.29) is 6.61 Å². The predicted molar refractivity (Wildman–Crippen MR) is 171 cm³/mol. The molecule has 0 fully saturated rings. The lowest BCUT2D eigenvalue weighted by molar-refractivity contribution is -0.157. The van der Waals surface area contributed by atoms with Gasteiger partial charge in [-0.25, -0.2) is 14.8 Å². The number of esters is 1. The lowest BCUT2D eigenvalue weighted by Gasteiger charge is -2.20. The molecule has 0 saturated carbocycles. The van der Waals surface area contributed by atoms with Crippen LogP contribution in [0.5, 0.6) is 11.5 Å². The molecule has 2 heterocycles. The maximum Gasteiger partial charge on any atom is 0.344 e. The van der Waals surface area contributed by atoms with Gasteiger partial charge in [0.15, 0.2) is 23.9 Å². The van der Waals surface area contributed by atoms with Crippen LogP contribution in [0.2, 0.25) is 0 Å². The molecule has 44 heavy (non-hydrogen) atoms. The van der Waals surface area contributed by atoms with E-state index in [0.717, 1.165) is 33.3 Å². The standard InChI is InChI=1S/C35H31N5O4/c1-35(2,3)44-32(41)21-43-31-18-27-28(19-30(31)42-5)38-33(24-13-9-12-23(16-24)22-10-7-6-8-11-22)39-34(27)37-26-14-15-29-25(17-26)20-36-40(29)4/h6-7,9-10,12-20H,21H2,1-5H3,(H,37,38,39). The van der Waals surface area contributed by atoms with Gasteiger partial charge in [0.25, 0.3) is 0 Å². The second kappa shape index (κ2) is 11.6. The van der Waals surface area contributed by atoms with Gasteiger partial charge in [-0.2, -0.15) is 5.10 Å². The number of fused-ring (bicyclic) bond motifs is 2. The summed E-state index contributed by atoms with van der Waals surface area (Å²) in [5.74, 6) is 1.39. The SMILES string of the molecule is COc1cc2nc(-c3cccc(C4=C=C=CC=C4)c3)nc(Nc3ccc4c(cnn4C)c3)c2cc1OCC(=O)OC(C)(C)C. The zero-order valence-electron chi connectivity index (χ0n) is 25.1. The van der Waals surface area contributed by atoms with Crippen molar-refractivity contribution in [3.63, 3.8) is 0 Å². The first-order chi connectivity index (χ1) is 21.2. The minimum absolute atomic E-state index is 0.279. The highest BCUT2D eigenvalue weighted by molar-refractivity contribution is 5.95. The summed E-state index contributed by atoms with van der Waals surface area (Å²) in [7, 11) is 3.45. The Morgan fingerprint density at radius 2 is 1.86 bits per heavy atom. The molecule has 1 aliphatic rings. The lowest BCUT2D eigenvalue weighted by atomic mass is 10.0. The zero-order chi connectivity index (χ0) is 30.8. The number of ether oxygens (including phenoxy) is 3. The van der Waals surface area contributed by atoms with Crippen LogP contribution in [0, 0.1) is 0 Å². The Balaban J connectivity index is 1.45. The van der Waals surface area contributed by atoms with Crippen LogP contribution in [0.25, 0.3) is 38.8 Å². The second-order valence-electron chi connectivity index (χ2n) is 11.2. The smallest absolute Gasteiger partial charge is 0.344 e. The largest absolute Gasteiger partial charge is 0.493 e. The Bertz CT molecular complexity index is 2060. The van der Waals surface area contributed by atoms with Crippen molar-refractivity contribution in [3.05, 3.63) is 96.0 Å². The molecular formula is C35H31N5O4. The lowest BCUT2D eigenvalue weighted by Crippen LogP contribution is -2.27. The molecule has 6 rings (SSSR count). The predicted octanol–water partition coefficient (Wildman–Crippen LogP) is 6.92. The molecule has 0 amide bonds. The summed E-state index contributed by atoms with van der Waals surface area (Å²) in [6, 6.07) is 17.5. The Morgan fingerprint density at radius 1 is 1.02 bits per heavy atom. The van der Waals surface area contributed by atoms with E-state index in [4.69, 9.17) is 24.2 Å². The maximum atomic E-state index is 12.4. The molecule has 1 N–H and O–H groups in total. The van der Waals surface area contributed by atoms with Crippen molar-refractivity contribution in [2.24, 2.45) is 7.05 Å². The highest BCUT2D eigenvalue weighted by Crippen LogP contribution is 2.37. The van der Waals surface area contributed by atoms with Gasteiger partial charge < -0.3 is 19.5 Å². The molecule has 0 aliphatic heterocycles. The van der Waals surface area contributed by atoms with Gasteiger partial charge in [0.1, 0.15) is 11.4 Å². The Morgan fingerprint density at radius 3 is 2.64 bits per heavy atom. The summed E-state index contributed by atoms with van der Waals surface area (Å²) in [6.07, 6.45) is 7.56. The first-order valence-electron chi connectivity index (χ1n) is 14.1. The monoisotopic (exact) mass is 585 g/mol. The van der Waals surface area contributed by atoms with Crippen LogP contribution in [-0.4, -0.2) is 45.0 Å². The fraction of sp³-hybridized carbons (Fsp3) is 0.200. The van der Waals surface area contributed by atoms with Crippen LogP contribution in [0.15, 0.2) is 90.5 Å². The van der Waals surface area contributed by atoms with E-state index in [1.807, 2.05) is 99.4 Å². The fourth-order valence-corrected chi connectivity index (χ4v) is 4.87. The molecule has 0 unspecified atom stereocenters. The third-order valence-corrected chi connectivity index (χ3v) is 6.84. The van der Waals surface area contributed by atoms with Crippen LogP contribution in [0.4, 0.5) is 11.5 Å². The summed E-state index contributed by atoms with van der Waals surface area (Å²) in [6.45, 7) is 5.15. The number of aromatic nitrogens is 4. The molecule has 0 spiro atoms. The van der Waals surface area contributed by atoms with Gasteiger partial charge in [0.2, 0.25) is 0 Å². The van der Waals surface area contributed by atoms with Gasteiger partial charge in [-0.1, -0.05) is 35.7 Å². The number of benzene rings is 3. The maximum absolute atomic E-state index is 12.4. The van der Waals surface area contributed by atoms with Crippen LogP contribution in [0.1, 0.15) is 26.3 Å². The molecule has 5 aromatic rings. The number of hydrogen-bond donors (Lipinski definition) is 1. The molecule has 0 bridgehead atoms. The zero-order valence-corrected chi connectivity index (χ0v) is 25.1. The summed E-state index contributed by atoms with van der Waals surface area (Å²) in [5, 5.41) is 9.51. The normalized spacial score (nSPS) is 12.4. The third-order valence-electron chi connectivity index (χ3n) is 6.84. The number of allylic oxidation sites excluding steroid dienone is 4. The van der Waals surface area contributed by atoms with Gasteiger partial charge in [-0.05, 0) is 68.8 Å². The van der Waals surface area contributed by atoms with E-state index in [0.29, 0.717) is 34.0 Å². The van der Waals surface area contributed by atoms with E-state index in [1.165, 1.54) is 0 Å². The Kier molecular flexibility index (Phi) is 7.50. The van der Waals surface area contributed by atoms with Crippen LogP contribution in [0.3, 0.4) is 0 Å². The molecule has 0 atom stereocenters. The van der Waals surface area contributed by atoms with Crippen LogP contribution in [-0.2, 0) is 16.6 Å². The van der Waals surface area contributed by atoms with E-state index >= 15 is 0 Å². The van der Waals surface area contributed by atoms with Crippen molar-refractivity contribution in [2.75, 3.05) is 19.0 Å². The molecule has 9 heteroatoms. The van der Waals surface area contributed by atoms with Crippen molar-refractivity contribution < 1.29 is 19.0 Å². The van der Waals surface area contributed by atoms with Crippen molar-refractivity contribution >= 4 is 44.9 Å². The molecule has 0 saturated heterocycles. The number of aryl methyl sites for hydroxylation is 1. The third kappa shape index (κ3) is 6.10. The highest BCUT2D eigenvalue weighted by Gasteiger charge is 2.20. The molecular weight excluding hydrogens is 554 g/mol. The van der Waals surface area contributed by atoms with E-state index in [1.54, 1.807) is 19.2 Å². The Hall–Kier alpha value is -5.62. The number of carbonyl (C=O) groups is 1. The minimum atomic E-state index is -0.626. The van der Waals surface area contributed by atoms with E-state index in [9.17, 15) is 4.79 Å². The van der Waals surface area contributed by atoms with E-state index < -0.39 is 11.6 Å². The van der Waals surface area contributed by atoms with E-state index in [2.05, 4.69) is 21.9 Å². The number of nitrogens with zero attached hydrogens (tertiary/aromatic N) is 4. The number of rotatable bonds is 8. The topological polar surface area (TPSA) is 100 Å². The van der Waals surface area contributed by atoms with Crippen LogP contribution >= 0.6 is 0 Å².